The fraction of sp³-hybridized carbons (Fsp3) is 0.100. The molecule has 0 aliphatic heterocycles. The third-order valence-electron chi connectivity index (χ3n) is 1.77. The van der Waals surface area contributed by atoms with Crippen LogP contribution in [0, 0.1) is 0 Å². The molecule has 0 bridgehead atoms. The SMILES string of the molecule is C=Cc1cccc(S(=O)(=O)Cl)c1N=CC. The van der Waals surface area contributed by atoms with E-state index in [0.29, 0.717) is 11.3 Å². The van der Waals surface area contributed by atoms with E-state index in [1.54, 1.807) is 19.1 Å². The molecule has 15 heavy (non-hydrogen) atoms. The summed E-state index contributed by atoms with van der Waals surface area (Å²) in [5, 5.41) is 0. The average Bonchev–Trinajstić information content (AvgIpc) is 2.17. The third kappa shape index (κ3) is 2.67. The van der Waals surface area contributed by atoms with Crippen molar-refractivity contribution in [2.75, 3.05) is 0 Å². The van der Waals surface area contributed by atoms with Crippen molar-refractivity contribution in [1.82, 2.24) is 0 Å². The van der Waals surface area contributed by atoms with Crippen molar-refractivity contribution in [3.63, 3.8) is 0 Å². The van der Waals surface area contributed by atoms with Crippen LogP contribution in [0.1, 0.15) is 12.5 Å². The molecule has 0 saturated heterocycles. The van der Waals surface area contributed by atoms with Crippen LogP contribution >= 0.6 is 10.7 Å². The molecule has 0 N–H and O–H groups in total. The van der Waals surface area contributed by atoms with Crippen LogP contribution in [0.5, 0.6) is 0 Å². The Labute approximate surface area is 93.5 Å². The second kappa shape index (κ2) is 4.59. The van der Waals surface area contributed by atoms with Gasteiger partial charge in [0.05, 0.1) is 5.69 Å². The van der Waals surface area contributed by atoms with Gasteiger partial charge < -0.3 is 0 Å². The smallest absolute Gasteiger partial charge is 0.259 e. The summed E-state index contributed by atoms with van der Waals surface area (Å²) in [5.41, 5.74) is 0.958. The lowest BCUT2D eigenvalue weighted by Gasteiger charge is -2.04. The summed E-state index contributed by atoms with van der Waals surface area (Å²) in [6.45, 7) is 5.28. The summed E-state index contributed by atoms with van der Waals surface area (Å²) in [7, 11) is 1.51. The van der Waals surface area contributed by atoms with Crippen LogP contribution in [-0.4, -0.2) is 14.6 Å². The van der Waals surface area contributed by atoms with Gasteiger partial charge in [-0.3, -0.25) is 4.99 Å². The van der Waals surface area contributed by atoms with Crippen LogP contribution < -0.4 is 0 Å². The van der Waals surface area contributed by atoms with Crippen molar-refractivity contribution in [3.05, 3.63) is 30.3 Å². The fourth-order valence-corrected chi connectivity index (χ4v) is 2.18. The van der Waals surface area contributed by atoms with Gasteiger partial charge in [-0.2, -0.15) is 0 Å². The minimum absolute atomic E-state index is 0.000309. The van der Waals surface area contributed by atoms with E-state index in [1.807, 2.05) is 0 Å². The van der Waals surface area contributed by atoms with Crippen molar-refractivity contribution in [1.29, 1.82) is 0 Å². The maximum atomic E-state index is 11.3. The van der Waals surface area contributed by atoms with Gasteiger partial charge in [-0.05, 0) is 13.0 Å². The van der Waals surface area contributed by atoms with E-state index in [9.17, 15) is 8.42 Å². The van der Waals surface area contributed by atoms with Crippen molar-refractivity contribution in [2.24, 2.45) is 4.99 Å². The summed E-state index contributed by atoms with van der Waals surface area (Å²) in [6, 6.07) is 4.74. The summed E-state index contributed by atoms with van der Waals surface area (Å²) in [4.78, 5) is 3.98. The third-order valence-corrected chi connectivity index (χ3v) is 3.12. The summed E-state index contributed by atoms with van der Waals surface area (Å²) >= 11 is 0. The zero-order valence-electron chi connectivity index (χ0n) is 8.14. The Hall–Kier alpha value is -1.13. The Morgan fingerprint density at radius 2 is 2.13 bits per heavy atom. The van der Waals surface area contributed by atoms with Gasteiger partial charge in [0.25, 0.3) is 9.05 Å². The first-order valence-corrected chi connectivity index (χ1v) is 6.50. The van der Waals surface area contributed by atoms with E-state index in [2.05, 4.69) is 11.6 Å². The van der Waals surface area contributed by atoms with Gasteiger partial charge in [-0.15, -0.1) is 0 Å². The number of aliphatic imine (C=N–C) groups is 1. The number of halogens is 1. The maximum absolute atomic E-state index is 11.3. The topological polar surface area (TPSA) is 46.5 Å². The number of para-hydroxylation sites is 1. The number of rotatable bonds is 3. The first-order valence-electron chi connectivity index (χ1n) is 4.19. The van der Waals surface area contributed by atoms with Gasteiger partial charge in [-0.1, -0.05) is 24.8 Å². The van der Waals surface area contributed by atoms with E-state index < -0.39 is 9.05 Å². The fourth-order valence-electron chi connectivity index (χ4n) is 1.17. The standard InChI is InChI=1S/C10H10ClNO2S/c1-3-8-6-5-7-9(15(11,13)14)10(8)12-4-2/h3-7H,1H2,2H3. The van der Waals surface area contributed by atoms with Crippen LogP contribution in [0.15, 0.2) is 34.7 Å². The Balaban J connectivity index is 3.59. The van der Waals surface area contributed by atoms with Crippen molar-refractivity contribution in [2.45, 2.75) is 11.8 Å². The van der Waals surface area contributed by atoms with Gasteiger partial charge >= 0.3 is 0 Å². The Bertz CT molecular complexity index is 506. The van der Waals surface area contributed by atoms with Crippen LogP contribution in [0.25, 0.3) is 6.08 Å². The summed E-state index contributed by atoms with van der Waals surface area (Å²) in [6.07, 6.45) is 3.04. The molecular formula is C10H10ClNO2S. The largest absolute Gasteiger partial charge is 0.263 e. The number of nitrogens with zero attached hydrogens (tertiary/aromatic N) is 1. The Morgan fingerprint density at radius 3 is 2.60 bits per heavy atom. The molecule has 0 aliphatic rings. The molecule has 0 saturated carbocycles. The van der Waals surface area contributed by atoms with Crippen molar-refractivity contribution < 1.29 is 8.42 Å². The molecule has 0 spiro atoms. The Kier molecular flexibility index (Phi) is 3.66. The minimum Gasteiger partial charge on any atom is -0.259 e. The van der Waals surface area contributed by atoms with Crippen molar-refractivity contribution in [3.8, 4) is 0 Å². The molecule has 0 radical (unpaired) electrons. The molecule has 1 aromatic carbocycles. The van der Waals surface area contributed by atoms with Crippen LogP contribution in [0.2, 0.25) is 0 Å². The highest BCUT2D eigenvalue weighted by molar-refractivity contribution is 8.13. The lowest BCUT2D eigenvalue weighted by molar-refractivity contribution is 0.610. The first kappa shape index (κ1) is 11.9. The molecule has 0 fully saturated rings. The van der Waals surface area contributed by atoms with Crippen LogP contribution in [-0.2, 0) is 9.05 Å². The van der Waals surface area contributed by atoms with E-state index in [0.717, 1.165) is 0 Å². The normalized spacial score (nSPS) is 11.9. The average molecular weight is 244 g/mol. The quantitative estimate of drug-likeness (QED) is 0.605. The molecule has 80 valence electrons. The lowest BCUT2D eigenvalue weighted by atomic mass is 10.2. The molecule has 0 aliphatic carbocycles. The molecular weight excluding hydrogens is 234 g/mol. The Morgan fingerprint density at radius 1 is 1.47 bits per heavy atom. The van der Waals surface area contributed by atoms with Gasteiger partial charge in [0, 0.05) is 22.5 Å². The highest BCUT2D eigenvalue weighted by Crippen LogP contribution is 2.31. The monoisotopic (exact) mass is 243 g/mol. The minimum atomic E-state index is -3.78. The number of hydrogen-bond acceptors (Lipinski definition) is 3. The molecule has 1 aromatic rings. The van der Waals surface area contributed by atoms with E-state index in [-0.39, 0.29) is 4.90 Å². The predicted molar refractivity (Wildman–Crippen MR) is 63.4 cm³/mol. The lowest BCUT2D eigenvalue weighted by Crippen LogP contribution is -1.92. The molecule has 0 heterocycles. The molecule has 0 atom stereocenters. The zero-order chi connectivity index (χ0) is 11.5. The second-order valence-corrected chi connectivity index (χ2v) is 5.26. The van der Waals surface area contributed by atoms with Gasteiger partial charge in [-0.25, -0.2) is 8.42 Å². The highest BCUT2D eigenvalue weighted by atomic mass is 35.7. The number of benzene rings is 1. The van der Waals surface area contributed by atoms with Gasteiger partial charge in [0.1, 0.15) is 4.90 Å². The molecule has 3 nitrogen and oxygen atoms in total. The van der Waals surface area contributed by atoms with Gasteiger partial charge in [0.15, 0.2) is 0 Å². The van der Waals surface area contributed by atoms with Crippen molar-refractivity contribution >= 4 is 37.7 Å². The molecule has 0 unspecified atom stereocenters. The maximum Gasteiger partial charge on any atom is 0.263 e. The predicted octanol–water partition coefficient (Wildman–Crippen LogP) is 2.98. The zero-order valence-corrected chi connectivity index (χ0v) is 9.72. The first-order chi connectivity index (χ1) is 7.00. The molecule has 0 amide bonds. The highest BCUT2D eigenvalue weighted by Gasteiger charge is 2.16. The summed E-state index contributed by atoms with van der Waals surface area (Å²) in [5.74, 6) is 0. The number of hydrogen-bond donors (Lipinski definition) is 0. The molecule has 5 heteroatoms. The van der Waals surface area contributed by atoms with Crippen LogP contribution in [0.4, 0.5) is 5.69 Å². The summed E-state index contributed by atoms with van der Waals surface area (Å²) < 4.78 is 22.5. The van der Waals surface area contributed by atoms with Gasteiger partial charge in [0.2, 0.25) is 0 Å². The van der Waals surface area contributed by atoms with E-state index >= 15 is 0 Å². The molecule has 1 rings (SSSR count). The van der Waals surface area contributed by atoms with Crippen LogP contribution in [0.3, 0.4) is 0 Å². The second-order valence-electron chi connectivity index (χ2n) is 2.72. The molecule has 0 aromatic heterocycles. The van der Waals surface area contributed by atoms with E-state index in [1.165, 1.54) is 18.4 Å². The van der Waals surface area contributed by atoms with E-state index in [4.69, 9.17) is 10.7 Å².